The Kier molecular flexibility index (Phi) is 4.24. The van der Waals surface area contributed by atoms with Gasteiger partial charge in [0.1, 0.15) is 0 Å². The topological polar surface area (TPSA) is 62.7 Å². The van der Waals surface area contributed by atoms with Crippen LogP contribution in [0.25, 0.3) is 22.2 Å². The molecule has 0 radical (unpaired) electrons. The lowest BCUT2D eigenvalue weighted by Crippen LogP contribution is -2.13. The first-order chi connectivity index (χ1) is 13.0. The summed E-state index contributed by atoms with van der Waals surface area (Å²) >= 11 is 5.92. The second kappa shape index (κ2) is 6.59. The highest BCUT2D eigenvalue weighted by molar-refractivity contribution is 6.30. The summed E-state index contributed by atoms with van der Waals surface area (Å²) in [7, 11) is 1.89. The third-order valence-electron chi connectivity index (χ3n) is 4.74. The largest absolute Gasteiger partial charge is 0.360 e. The lowest BCUT2D eigenvalue weighted by atomic mass is 10.0. The Bertz CT molecular complexity index is 1160. The first kappa shape index (κ1) is 17.4. The standard InChI is InChI=1S/C21H19ClN4O/c1-12-5-4-6-17-18(12)16(11-23-17)20-19(13(2)25-26(20)3)24-21(27)14-7-9-15(22)10-8-14/h4-11,23H,1-3H3,(H,24,27). The molecule has 0 saturated heterocycles. The van der Waals surface area contributed by atoms with Gasteiger partial charge in [-0.15, -0.1) is 0 Å². The zero-order chi connectivity index (χ0) is 19.1. The van der Waals surface area contributed by atoms with Gasteiger partial charge in [-0.1, -0.05) is 23.7 Å². The van der Waals surface area contributed by atoms with Crippen molar-refractivity contribution >= 4 is 34.1 Å². The van der Waals surface area contributed by atoms with Gasteiger partial charge in [0.05, 0.1) is 17.1 Å². The van der Waals surface area contributed by atoms with Gasteiger partial charge in [-0.3, -0.25) is 9.48 Å². The van der Waals surface area contributed by atoms with Gasteiger partial charge in [0.15, 0.2) is 0 Å². The molecule has 0 unspecified atom stereocenters. The third kappa shape index (κ3) is 3.00. The fraction of sp³-hybridized carbons (Fsp3) is 0.143. The van der Waals surface area contributed by atoms with Crippen molar-refractivity contribution in [2.24, 2.45) is 7.05 Å². The summed E-state index contributed by atoms with van der Waals surface area (Å²) in [5.74, 6) is -0.194. The van der Waals surface area contributed by atoms with Crippen molar-refractivity contribution in [3.05, 3.63) is 70.5 Å². The zero-order valence-electron chi connectivity index (χ0n) is 15.3. The zero-order valence-corrected chi connectivity index (χ0v) is 16.1. The molecule has 2 heterocycles. The quantitative estimate of drug-likeness (QED) is 0.521. The van der Waals surface area contributed by atoms with Crippen LogP contribution in [0, 0.1) is 13.8 Å². The summed E-state index contributed by atoms with van der Waals surface area (Å²) < 4.78 is 1.81. The summed E-state index contributed by atoms with van der Waals surface area (Å²) in [6, 6.07) is 13.0. The van der Waals surface area contributed by atoms with E-state index in [1.807, 2.05) is 37.0 Å². The molecule has 6 heteroatoms. The van der Waals surface area contributed by atoms with E-state index in [0.717, 1.165) is 33.4 Å². The van der Waals surface area contributed by atoms with Gasteiger partial charge in [-0.2, -0.15) is 5.10 Å². The normalized spacial score (nSPS) is 11.1. The molecule has 27 heavy (non-hydrogen) atoms. The second-order valence-electron chi connectivity index (χ2n) is 6.59. The molecular formula is C21H19ClN4O. The van der Waals surface area contributed by atoms with Crippen molar-refractivity contribution in [1.29, 1.82) is 0 Å². The Morgan fingerprint density at radius 1 is 1.15 bits per heavy atom. The summed E-state index contributed by atoms with van der Waals surface area (Å²) in [6.07, 6.45) is 1.96. The molecule has 4 rings (SSSR count). The smallest absolute Gasteiger partial charge is 0.255 e. The van der Waals surface area contributed by atoms with E-state index in [2.05, 4.69) is 28.4 Å². The number of anilines is 1. The van der Waals surface area contributed by atoms with Crippen LogP contribution < -0.4 is 5.32 Å². The Morgan fingerprint density at radius 2 is 1.89 bits per heavy atom. The summed E-state index contributed by atoms with van der Waals surface area (Å²) in [6.45, 7) is 3.97. The predicted octanol–water partition coefficient (Wildman–Crippen LogP) is 5.09. The number of benzene rings is 2. The number of aryl methyl sites for hydroxylation is 3. The molecule has 0 aliphatic rings. The summed E-state index contributed by atoms with van der Waals surface area (Å²) in [4.78, 5) is 16.1. The number of aromatic amines is 1. The van der Waals surface area contributed by atoms with Crippen molar-refractivity contribution in [2.45, 2.75) is 13.8 Å². The summed E-state index contributed by atoms with van der Waals surface area (Å²) in [5.41, 5.74) is 6.12. The second-order valence-corrected chi connectivity index (χ2v) is 7.03. The minimum Gasteiger partial charge on any atom is -0.360 e. The molecule has 2 N–H and O–H groups in total. The van der Waals surface area contributed by atoms with Gasteiger partial charge in [0.2, 0.25) is 0 Å². The third-order valence-corrected chi connectivity index (χ3v) is 4.99. The Hall–Kier alpha value is -3.05. The number of hydrogen-bond donors (Lipinski definition) is 2. The van der Waals surface area contributed by atoms with Crippen molar-refractivity contribution in [3.8, 4) is 11.3 Å². The van der Waals surface area contributed by atoms with E-state index in [4.69, 9.17) is 11.6 Å². The van der Waals surface area contributed by atoms with E-state index in [1.165, 1.54) is 0 Å². The van der Waals surface area contributed by atoms with Crippen LogP contribution in [0.5, 0.6) is 0 Å². The number of H-pyrrole nitrogens is 1. The van der Waals surface area contributed by atoms with Crippen LogP contribution in [0.1, 0.15) is 21.6 Å². The van der Waals surface area contributed by atoms with Crippen LogP contribution in [-0.2, 0) is 7.05 Å². The first-order valence-corrected chi connectivity index (χ1v) is 9.01. The molecule has 0 fully saturated rings. The molecule has 0 bridgehead atoms. The highest BCUT2D eigenvalue weighted by Gasteiger charge is 2.21. The molecule has 5 nitrogen and oxygen atoms in total. The Balaban J connectivity index is 1.81. The predicted molar refractivity (Wildman–Crippen MR) is 109 cm³/mol. The molecule has 0 aliphatic heterocycles. The van der Waals surface area contributed by atoms with Crippen molar-refractivity contribution in [1.82, 2.24) is 14.8 Å². The van der Waals surface area contributed by atoms with Crippen molar-refractivity contribution in [3.63, 3.8) is 0 Å². The number of aromatic nitrogens is 3. The molecular weight excluding hydrogens is 360 g/mol. The molecule has 1 amide bonds. The SMILES string of the molecule is Cc1nn(C)c(-c2c[nH]c3cccc(C)c23)c1NC(=O)c1ccc(Cl)cc1. The molecule has 136 valence electrons. The maximum Gasteiger partial charge on any atom is 0.255 e. The van der Waals surface area contributed by atoms with Crippen LogP contribution in [0.15, 0.2) is 48.7 Å². The number of halogens is 1. The number of amides is 1. The fourth-order valence-corrected chi connectivity index (χ4v) is 3.58. The van der Waals surface area contributed by atoms with Crippen molar-refractivity contribution in [2.75, 3.05) is 5.32 Å². The highest BCUT2D eigenvalue weighted by atomic mass is 35.5. The number of carbonyl (C=O) groups is 1. The van der Waals surface area contributed by atoms with E-state index < -0.39 is 0 Å². The fourth-order valence-electron chi connectivity index (χ4n) is 3.46. The molecule has 4 aromatic rings. The van der Waals surface area contributed by atoms with E-state index in [9.17, 15) is 4.79 Å². The Morgan fingerprint density at radius 3 is 2.63 bits per heavy atom. The molecule has 0 spiro atoms. The maximum atomic E-state index is 12.7. The minimum absolute atomic E-state index is 0.194. The van der Waals surface area contributed by atoms with E-state index in [-0.39, 0.29) is 5.91 Å². The van der Waals surface area contributed by atoms with E-state index in [1.54, 1.807) is 24.3 Å². The molecule has 0 saturated carbocycles. The van der Waals surface area contributed by atoms with Gasteiger partial charge >= 0.3 is 0 Å². The lowest BCUT2D eigenvalue weighted by Gasteiger charge is -2.09. The van der Waals surface area contributed by atoms with E-state index >= 15 is 0 Å². The number of carbonyl (C=O) groups excluding carboxylic acids is 1. The summed E-state index contributed by atoms with van der Waals surface area (Å²) in [5, 5.41) is 9.28. The van der Waals surface area contributed by atoms with E-state index in [0.29, 0.717) is 16.3 Å². The molecule has 0 aliphatic carbocycles. The van der Waals surface area contributed by atoms with Crippen LogP contribution in [0.4, 0.5) is 5.69 Å². The van der Waals surface area contributed by atoms with Gasteiger partial charge in [0.25, 0.3) is 5.91 Å². The number of rotatable bonds is 3. The molecule has 0 atom stereocenters. The minimum atomic E-state index is -0.194. The van der Waals surface area contributed by atoms with Crippen molar-refractivity contribution < 1.29 is 4.79 Å². The molecule has 2 aromatic carbocycles. The molecule has 2 aromatic heterocycles. The number of nitrogens with zero attached hydrogens (tertiary/aromatic N) is 2. The van der Waals surface area contributed by atoms with Gasteiger partial charge in [0, 0.05) is 40.3 Å². The average Bonchev–Trinajstić information content (AvgIpc) is 3.17. The lowest BCUT2D eigenvalue weighted by molar-refractivity contribution is 0.102. The monoisotopic (exact) mass is 378 g/mol. The number of nitrogens with one attached hydrogen (secondary N) is 2. The van der Waals surface area contributed by atoms with Gasteiger partial charge in [-0.05, 0) is 49.7 Å². The van der Waals surface area contributed by atoms with Crippen LogP contribution in [0.2, 0.25) is 5.02 Å². The highest BCUT2D eigenvalue weighted by Crippen LogP contribution is 2.37. The average molecular weight is 379 g/mol. The maximum absolute atomic E-state index is 12.7. The Labute approximate surface area is 162 Å². The van der Waals surface area contributed by atoms with Crippen LogP contribution in [-0.4, -0.2) is 20.7 Å². The van der Waals surface area contributed by atoms with Crippen LogP contribution in [0.3, 0.4) is 0 Å². The van der Waals surface area contributed by atoms with Gasteiger partial charge in [-0.25, -0.2) is 0 Å². The van der Waals surface area contributed by atoms with Gasteiger partial charge < -0.3 is 10.3 Å². The number of fused-ring (bicyclic) bond motifs is 1. The first-order valence-electron chi connectivity index (χ1n) is 8.63. The number of hydrogen-bond acceptors (Lipinski definition) is 2. The van der Waals surface area contributed by atoms with Crippen LogP contribution >= 0.6 is 11.6 Å².